The summed E-state index contributed by atoms with van der Waals surface area (Å²) in [5.74, 6) is 2.72. The largest absolute Gasteiger partial charge is 0.333 e. The molecule has 28 heavy (non-hydrogen) atoms. The van der Waals surface area contributed by atoms with E-state index < -0.39 is 0 Å². The minimum Gasteiger partial charge on any atom is -0.333 e. The first-order chi connectivity index (χ1) is 13.7. The number of nitrogens with zero attached hydrogens (tertiary/aromatic N) is 6. The van der Waals surface area contributed by atoms with Gasteiger partial charge >= 0.3 is 0 Å². The molecule has 6 heteroatoms. The molecule has 0 saturated carbocycles. The maximum absolute atomic E-state index is 9.19. The third kappa shape index (κ3) is 3.02. The average molecular weight is 366 g/mol. The number of aryl methyl sites for hydroxylation is 1. The highest BCUT2D eigenvalue weighted by atomic mass is 15.3. The first-order valence-electron chi connectivity index (χ1n) is 9.03. The van der Waals surface area contributed by atoms with Crippen LogP contribution in [0.3, 0.4) is 0 Å². The fourth-order valence-corrected chi connectivity index (χ4v) is 3.41. The van der Waals surface area contributed by atoms with Crippen molar-refractivity contribution < 1.29 is 0 Å². The molecule has 136 valence electrons. The number of benzene rings is 1. The maximum Gasteiger partial charge on any atom is 0.143 e. The highest BCUT2D eigenvalue weighted by Crippen LogP contribution is 2.28. The number of hydrogen-bond donors (Lipinski definition) is 0. The molecule has 1 aromatic carbocycles. The van der Waals surface area contributed by atoms with Gasteiger partial charge in [0.2, 0.25) is 0 Å². The van der Waals surface area contributed by atoms with Gasteiger partial charge in [0.05, 0.1) is 29.6 Å². The summed E-state index contributed by atoms with van der Waals surface area (Å²) >= 11 is 0. The minimum absolute atomic E-state index is 0.149. The van der Waals surface area contributed by atoms with Crippen LogP contribution in [-0.4, -0.2) is 24.3 Å². The van der Waals surface area contributed by atoms with Crippen molar-refractivity contribution in [2.24, 2.45) is 0 Å². The van der Waals surface area contributed by atoms with Crippen molar-refractivity contribution in [3.05, 3.63) is 66.4 Å². The Balaban J connectivity index is 1.77. The monoisotopic (exact) mass is 366 g/mol. The van der Waals surface area contributed by atoms with Gasteiger partial charge in [0.1, 0.15) is 12.0 Å². The Hall–Kier alpha value is -3.90. The molecule has 0 aliphatic rings. The van der Waals surface area contributed by atoms with Gasteiger partial charge in [-0.2, -0.15) is 10.4 Å². The Morgan fingerprint density at radius 3 is 2.93 bits per heavy atom. The standard InChI is InChI=1S/C22H18N6/c1-3-6-20(17-8-5-7-16(11-17)12-23)28-14-18(13-26-28)21-19-9-10-27(4-2)22(19)25-15-24-21/h1,5,7-11,13-15,20H,4,6H2,2H3. The smallest absolute Gasteiger partial charge is 0.143 e. The highest BCUT2D eigenvalue weighted by molar-refractivity contribution is 5.90. The molecule has 1 atom stereocenters. The number of nitriles is 1. The van der Waals surface area contributed by atoms with E-state index >= 15 is 0 Å². The second-order valence-corrected chi connectivity index (χ2v) is 6.43. The van der Waals surface area contributed by atoms with Crippen LogP contribution in [0.1, 0.15) is 30.5 Å². The van der Waals surface area contributed by atoms with Crippen LogP contribution in [0.25, 0.3) is 22.3 Å². The quantitative estimate of drug-likeness (QED) is 0.504. The van der Waals surface area contributed by atoms with Gasteiger partial charge in [-0.1, -0.05) is 12.1 Å². The van der Waals surface area contributed by atoms with Crippen LogP contribution >= 0.6 is 0 Å². The van der Waals surface area contributed by atoms with Crippen LogP contribution in [-0.2, 0) is 6.54 Å². The number of fused-ring (bicyclic) bond motifs is 1. The molecule has 0 N–H and O–H groups in total. The molecule has 0 aliphatic carbocycles. The zero-order chi connectivity index (χ0) is 19.5. The van der Waals surface area contributed by atoms with Gasteiger partial charge in [-0.15, -0.1) is 12.3 Å². The van der Waals surface area contributed by atoms with Gasteiger partial charge in [0.25, 0.3) is 0 Å². The predicted molar refractivity (Wildman–Crippen MR) is 107 cm³/mol. The molecule has 0 spiro atoms. The van der Waals surface area contributed by atoms with Crippen LogP contribution in [0.2, 0.25) is 0 Å². The van der Waals surface area contributed by atoms with Crippen molar-refractivity contribution >= 4 is 11.0 Å². The third-order valence-corrected chi connectivity index (χ3v) is 4.80. The van der Waals surface area contributed by atoms with E-state index in [0.29, 0.717) is 12.0 Å². The van der Waals surface area contributed by atoms with Gasteiger partial charge in [-0.3, -0.25) is 4.68 Å². The lowest BCUT2D eigenvalue weighted by Gasteiger charge is -2.15. The van der Waals surface area contributed by atoms with Gasteiger partial charge in [-0.05, 0) is 30.7 Å². The maximum atomic E-state index is 9.19. The molecular formula is C22H18N6. The van der Waals surface area contributed by atoms with Gasteiger partial charge < -0.3 is 4.57 Å². The second kappa shape index (κ2) is 7.38. The van der Waals surface area contributed by atoms with E-state index in [9.17, 15) is 5.26 Å². The van der Waals surface area contributed by atoms with Crippen LogP contribution < -0.4 is 0 Å². The lowest BCUT2D eigenvalue weighted by atomic mass is 10.0. The molecular weight excluding hydrogens is 348 g/mol. The number of rotatable bonds is 5. The predicted octanol–water partition coefficient (Wildman–Crippen LogP) is 3.80. The first kappa shape index (κ1) is 17.5. The number of aromatic nitrogens is 5. The SMILES string of the molecule is C#CCC(c1cccc(C#N)c1)n1cc(-c2ncnc3c2ccn3CC)cn1. The Morgan fingerprint density at radius 1 is 1.25 bits per heavy atom. The molecule has 3 heterocycles. The fourth-order valence-electron chi connectivity index (χ4n) is 3.41. The summed E-state index contributed by atoms with van der Waals surface area (Å²) < 4.78 is 3.93. The third-order valence-electron chi connectivity index (χ3n) is 4.80. The summed E-state index contributed by atoms with van der Waals surface area (Å²) in [5, 5.41) is 14.7. The average Bonchev–Trinajstić information content (AvgIpc) is 3.39. The molecule has 6 nitrogen and oxygen atoms in total. The summed E-state index contributed by atoms with van der Waals surface area (Å²) in [6, 6.07) is 11.5. The molecule has 0 aliphatic heterocycles. The van der Waals surface area contributed by atoms with Crippen molar-refractivity contribution in [2.75, 3.05) is 0 Å². The molecule has 4 rings (SSSR count). The van der Waals surface area contributed by atoms with Gasteiger partial charge in [0.15, 0.2) is 0 Å². The van der Waals surface area contributed by atoms with E-state index in [4.69, 9.17) is 6.42 Å². The molecule has 0 amide bonds. The normalized spacial score (nSPS) is 11.8. The van der Waals surface area contributed by atoms with Crippen LogP contribution in [0.5, 0.6) is 0 Å². The Morgan fingerprint density at radius 2 is 2.14 bits per heavy atom. The van der Waals surface area contributed by atoms with E-state index in [1.165, 1.54) is 0 Å². The van der Waals surface area contributed by atoms with E-state index in [1.807, 2.05) is 41.3 Å². The fraction of sp³-hybridized carbons (Fsp3) is 0.182. The minimum atomic E-state index is -0.149. The van der Waals surface area contributed by atoms with Gasteiger partial charge in [-0.25, -0.2) is 9.97 Å². The van der Waals surface area contributed by atoms with Gasteiger partial charge in [0, 0.05) is 36.3 Å². The highest BCUT2D eigenvalue weighted by Gasteiger charge is 2.17. The zero-order valence-electron chi connectivity index (χ0n) is 15.4. The summed E-state index contributed by atoms with van der Waals surface area (Å²) in [5.41, 5.74) is 4.21. The van der Waals surface area contributed by atoms with Crippen molar-refractivity contribution in [1.82, 2.24) is 24.3 Å². The van der Waals surface area contributed by atoms with Crippen LogP contribution in [0, 0.1) is 23.7 Å². The molecule has 0 fully saturated rings. The zero-order valence-corrected chi connectivity index (χ0v) is 15.4. The lowest BCUT2D eigenvalue weighted by molar-refractivity contribution is 0.534. The molecule has 0 bridgehead atoms. The van der Waals surface area contributed by atoms with Crippen molar-refractivity contribution in [1.29, 1.82) is 5.26 Å². The number of hydrogen-bond acceptors (Lipinski definition) is 4. The molecule has 3 aromatic heterocycles. The Labute approximate surface area is 163 Å². The summed E-state index contributed by atoms with van der Waals surface area (Å²) in [6.07, 6.45) is 13.4. The van der Waals surface area contributed by atoms with E-state index in [2.05, 4.69) is 38.5 Å². The Bertz CT molecular complexity index is 1220. The Kier molecular flexibility index (Phi) is 4.62. The number of terminal acetylenes is 1. The summed E-state index contributed by atoms with van der Waals surface area (Å²) in [7, 11) is 0. The summed E-state index contributed by atoms with van der Waals surface area (Å²) in [4.78, 5) is 8.89. The van der Waals surface area contributed by atoms with E-state index in [1.54, 1.807) is 18.6 Å². The van der Waals surface area contributed by atoms with Crippen LogP contribution in [0.15, 0.2) is 55.2 Å². The van der Waals surface area contributed by atoms with Crippen molar-refractivity contribution in [3.8, 4) is 29.7 Å². The molecule has 0 saturated heterocycles. The van der Waals surface area contributed by atoms with Crippen molar-refractivity contribution in [3.63, 3.8) is 0 Å². The van der Waals surface area contributed by atoms with E-state index in [-0.39, 0.29) is 6.04 Å². The van der Waals surface area contributed by atoms with E-state index in [0.717, 1.165) is 34.4 Å². The van der Waals surface area contributed by atoms with Crippen LogP contribution in [0.4, 0.5) is 0 Å². The molecule has 0 radical (unpaired) electrons. The molecule has 1 unspecified atom stereocenters. The molecule has 4 aromatic rings. The summed E-state index contributed by atoms with van der Waals surface area (Å²) in [6.45, 7) is 2.93. The second-order valence-electron chi connectivity index (χ2n) is 6.43. The van der Waals surface area contributed by atoms with Crippen molar-refractivity contribution in [2.45, 2.75) is 25.9 Å². The topological polar surface area (TPSA) is 72.3 Å². The lowest BCUT2D eigenvalue weighted by Crippen LogP contribution is -2.10. The first-order valence-corrected chi connectivity index (χ1v) is 9.03.